The Balaban J connectivity index is 1.71. The largest absolute Gasteiger partial charge is 0.573 e. The molecule has 0 unspecified atom stereocenters. The van der Waals surface area contributed by atoms with Gasteiger partial charge in [0, 0.05) is 18.8 Å². The summed E-state index contributed by atoms with van der Waals surface area (Å²) in [6.45, 7) is 2.35. The molecule has 5 nitrogen and oxygen atoms in total. The fourth-order valence-corrected chi connectivity index (χ4v) is 3.22. The summed E-state index contributed by atoms with van der Waals surface area (Å²) in [7, 11) is 0. The number of hydrogen-bond donors (Lipinski definition) is 2. The lowest BCUT2D eigenvalue weighted by atomic mass is 10.1. The minimum Gasteiger partial charge on any atom is -0.404 e. The summed E-state index contributed by atoms with van der Waals surface area (Å²) in [5.41, 5.74) is 8.15. The molecule has 2 aromatic rings. The van der Waals surface area contributed by atoms with E-state index in [0.29, 0.717) is 6.54 Å². The van der Waals surface area contributed by atoms with E-state index in [1.54, 1.807) is 6.07 Å². The smallest absolute Gasteiger partial charge is 0.404 e. The molecule has 1 saturated heterocycles. The van der Waals surface area contributed by atoms with Crippen LogP contribution >= 0.6 is 0 Å². The lowest BCUT2D eigenvalue weighted by molar-refractivity contribution is -0.274. The van der Waals surface area contributed by atoms with E-state index >= 15 is 0 Å². The van der Waals surface area contributed by atoms with E-state index in [0.717, 1.165) is 37.2 Å². The average Bonchev–Trinajstić information content (AvgIpc) is 2.68. The van der Waals surface area contributed by atoms with Crippen LogP contribution < -0.4 is 20.7 Å². The van der Waals surface area contributed by atoms with Gasteiger partial charge in [0.1, 0.15) is 0 Å². The third kappa shape index (κ3) is 5.55. The predicted molar refractivity (Wildman–Crippen MR) is 105 cm³/mol. The van der Waals surface area contributed by atoms with E-state index in [1.807, 2.05) is 18.2 Å². The molecule has 150 valence electrons. The van der Waals surface area contributed by atoms with E-state index in [2.05, 4.69) is 26.0 Å². The number of nitrogens with zero attached hydrogens (tertiary/aromatic N) is 2. The Morgan fingerprint density at radius 1 is 1.04 bits per heavy atom. The van der Waals surface area contributed by atoms with Crippen LogP contribution in [-0.4, -0.2) is 25.4 Å². The van der Waals surface area contributed by atoms with Crippen LogP contribution in [0.1, 0.15) is 24.8 Å². The SMILES string of the molecule is NC(=NCc1ccccc1N1CCCCC1)Nc1ccccc1OC(F)(F)F. The molecule has 3 rings (SSSR count). The molecule has 0 aliphatic carbocycles. The molecule has 0 saturated carbocycles. The van der Waals surface area contributed by atoms with Crippen molar-refractivity contribution >= 4 is 17.3 Å². The van der Waals surface area contributed by atoms with Gasteiger partial charge in [-0.2, -0.15) is 0 Å². The average molecular weight is 392 g/mol. The van der Waals surface area contributed by atoms with Crippen LogP contribution in [0.5, 0.6) is 5.75 Å². The third-order valence-electron chi connectivity index (χ3n) is 4.48. The summed E-state index contributed by atoms with van der Waals surface area (Å²) < 4.78 is 41.6. The van der Waals surface area contributed by atoms with Crippen molar-refractivity contribution in [1.82, 2.24) is 0 Å². The number of benzene rings is 2. The van der Waals surface area contributed by atoms with E-state index in [-0.39, 0.29) is 17.4 Å². The molecule has 3 N–H and O–H groups in total. The quantitative estimate of drug-likeness (QED) is 0.581. The summed E-state index contributed by atoms with van der Waals surface area (Å²) in [5.74, 6) is -0.339. The van der Waals surface area contributed by atoms with Crippen molar-refractivity contribution in [2.24, 2.45) is 10.7 Å². The summed E-state index contributed by atoms with van der Waals surface area (Å²) in [6.07, 6.45) is -1.21. The second-order valence-electron chi connectivity index (χ2n) is 6.55. The highest BCUT2D eigenvalue weighted by molar-refractivity contribution is 5.93. The van der Waals surface area contributed by atoms with Gasteiger partial charge >= 0.3 is 6.36 Å². The zero-order chi connectivity index (χ0) is 20.0. The monoisotopic (exact) mass is 392 g/mol. The number of anilines is 2. The maximum absolute atomic E-state index is 12.5. The van der Waals surface area contributed by atoms with E-state index < -0.39 is 6.36 Å². The molecule has 1 heterocycles. The molecule has 2 aromatic carbocycles. The van der Waals surface area contributed by atoms with Crippen molar-refractivity contribution in [1.29, 1.82) is 0 Å². The van der Waals surface area contributed by atoms with Crippen molar-refractivity contribution in [3.63, 3.8) is 0 Å². The van der Waals surface area contributed by atoms with Crippen LogP contribution in [-0.2, 0) is 6.54 Å². The number of alkyl halides is 3. The maximum atomic E-state index is 12.5. The molecule has 0 radical (unpaired) electrons. The Morgan fingerprint density at radius 2 is 1.71 bits per heavy atom. The van der Waals surface area contributed by atoms with Crippen molar-refractivity contribution in [3.05, 3.63) is 54.1 Å². The maximum Gasteiger partial charge on any atom is 0.573 e. The van der Waals surface area contributed by atoms with Gasteiger partial charge in [0.15, 0.2) is 11.7 Å². The van der Waals surface area contributed by atoms with Crippen LogP contribution in [0.2, 0.25) is 0 Å². The number of nitrogens with two attached hydrogens (primary N) is 1. The van der Waals surface area contributed by atoms with Crippen LogP contribution in [0.3, 0.4) is 0 Å². The van der Waals surface area contributed by atoms with Crippen LogP contribution in [0, 0.1) is 0 Å². The minimum absolute atomic E-state index is 0.0201. The molecule has 1 fully saturated rings. The molecule has 0 bridgehead atoms. The number of nitrogens with one attached hydrogen (secondary N) is 1. The van der Waals surface area contributed by atoms with Gasteiger partial charge in [-0.25, -0.2) is 4.99 Å². The normalized spacial score (nSPS) is 15.4. The number of hydrogen-bond acceptors (Lipinski definition) is 3. The zero-order valence-electron chi connectivity index (χ0n) is 15.4. The van der Waals surface area contributed by atoms with Gasteiger partial charge in [0.05, 0.1) is 12.2 Å². The molecule has 0 atom stereocenters. The van der Waals surface area contributed by atoms with Gasteiger partial charge in [-0.15, -0.1) is 13.2 Å². The summed E-state index contributed by atoms with van der Waals surface area (Å²) in [6, 6.07) is 13.7. The Hall–Kier alpha value is -2.90. The minimum atomic E-state index is -4.78. The molecule has 8 heteroatoms. The third-order valence-corrected chi connectivity index (χ3v) is 4.48. The van der Waals surface area contributed by atoms with Gasteiger partial charge in [-0.3, -0.25) is 0 Å². The lowest BCUT2D eigenvalue weighted by Crippen LogP contribution is -2.30. The predicted octanol–water partition coefficient (Wildman–Crippen LogP) is 4.50. The van der Waals surface area contributed by atoms with E-state index in [4.69, 9.17) is 5.73 Å². The summed E-state index contributed by atoms with van der Waals surface area (Å²) >= 11 is 0. The molecule has 0 amide bonds. The number of guanidine groups is 1. The van der Waals surface area contributed by atoms with Crippen molar-refractivity contribution in [3.8, 4) is 5.75 Å². The molecular formula is C20H23F3N4O. The second-order valence-corrected chi connectivity index (χ2v) is 6.55. The number of aliphatic imine (C=N–C) groups is 1. The summed E-state index contributed by atoms with van der Waals surface area (Å²) in [5, 5.41) is 2.69. The Bertz CT molecular complexity index is 817. The fraction of sp³-hybridized carbons (Fsp3) is 0.350. The van der Waals surface area contributed by atoms with E-state index in [1.165, 1.54) is 24.6 Å². The Labute approximate surface area is 162 Å². The topological polar surface area (TPSA) is 62.9 Å². The molecule has 1 aliphatic heterocycles. The number of ether oxygens (including phenoxy) is 1. The summed E-state index contributed by atoms with van der Waals surface area (Å²) in [4.78, 5) is 6.64. The highest BCUT2D eigenvalue weighted by Crippen LogP contribution is 2.30. The van der Waals surface area contributed by atoms with Crippen LogP contribution in [0.4, 0.5) is 24.5 Å². The highest BCUT2D eigenvalue weighted by Gasteiger charge is 2.32. The lowest BCUT2D eigenvalue weighted by Gasteiger charge is -2.30. The number of piperidine rings is 1. The van der Waals surface area contributed by atoms with Gasteiger partial charge in [-0.05, 0) is 43.0 Å². The first-order valence-electron chi connectivity index (χ1n) is 9.17. The Morgan fingerprint density at radius 3 is 2.46 bits per heavy atom. The van der Waals surface area contributed by atoms with Crippen molar-refractivity contribution < 1.29 is 17.9 Å². The van der Waals surface area contributed by atoms with Gasteiger partial charge in [0.25, 0.3) is 0 Å². The van der Waals surface area contributed by atoms with Crippen molar-refractivity contribution in [2.75, 3.05) is 23.3 Å². The molecule has 0 spiro atoms. The van der Waals surface area contributed by atoms with Crippen molar-refractivity contribution in [2.45, 2.75) is 32.2 Å². The second kappa shape index (κ2) is 8.86. The van der Waals surface area contributed by atoms with Gasteiger partial charge in [-0.1, -0.05) is 30.3 Å². The Kier molecular flexibility index (Phi) is 6.28. The molecule has 1 aliphatic rings. The van der Waals surface area contributed by atoms with Gasteiger partial charge < -0.3 is 20.7 Å². The zero-order valence-corrected chi connectivity index (χ0v) is 15.4. The van der Waals surface area contributed by atoms with Gasteiger partial charge in [0.2, 0.25) is 0 Å². The first-order chi connectivity index (χ1) is 13.4. The highest BCUT2D eigenvalue weighted by atomic mass is 19.4. The van der Waals surface area contributed by atoms with Crippen LogP contribution in [0.25, 0.3) is 0 Å². The molecule has 0 aromatic heterocycles. The first kappa shape index (κ1) is 19.9. The number of rotatable bonds is 5. The fourth-order valence-electron chi connectivity index (χ4n) is 3.22. The molecular weight excluding hydrogens is 369 g/mol. The first-order valence-corrected chi connectivity index (χ1v) is 9.17. The number of halogens is 3. The number of para-hydroxylation sites is 3. The molecule has 28 heavy (non-hydrogen) atoms. The van der Waals surface area contributed by atoms with Crippen LogP contribution in [0.15, 0.2) is 53.5 Å². The standard InChI is InChI=1S/C20H23F3N4O/c21-20(22,23)28-18-11-5-3-9-16(18)26-19(24)25-14-15-8-2-4-10-17(15)27-12-6-1-7-13-27/h2-5,8-11H,1,6-7,12-14H2,(H3,24,25,26). The van der Waals surface area contributed by atoms with E-state index in [9.17, 15) is 13.2 Å².